The largest absolute Gasteiger partial charge is 0.456 e. The lowest BCUT2D eigenvalue weighted by Crippen LogP contribution is -2.20. The Morgan fingerprint density at radius 2 is 1.25 bits per heavy atom. The van der Waals surface area contributed by atoms with Crippen molar-refractivity contribution in [3.8, 4) is 5.69 Å². The van der Waals surface area contributed by atoms with Crippen LogP contribution < -0.4 is 4.90 Å². The average Bonchev–Trinajstić information content (AvgIpc) is 3.81. The quantitative estimate of drug-likeness (QED) is 0.181. The van der Waals surface area contributed by atoms with Crippen LogP contribution >= 0.6 is 11.3 Å². The predicted octanol–water partition coefficient (Wildman–Crippen LogP) is 11.9. The maximum atomic E-state index is 6.46. The highest BCUT2D eigenvalue weighted by molar-refractivity contribution is 7.25. The van der Waals surface area contributed by atoms with E-state index in [-0.39, 0.29) is 0 Å². The summed E-state index contributed by atoms with van der Waals surface area (Å²) in [6.45, 7) is 0. The van der Waals surface area contributed by atoms with E-state index in [1.54, 1.807) is 11.3 Å². The normalized spacial score (nSPS) is 13.0. The maximum Gasteiger partial charge on any atom is 0.235 e. The van der Waals surface area contributed by atoms with Gasteiger partial charge in [0.15, 0.2) is 0 Å². The highest BCUT2D eigenvalue weighted by Gasteiger charge is 2.33. The monoisotopic (exact) mass is 630 g/mol. The second-order valence-corrected chi connectivity index (χ2v) is 13.7. The number of rotatable bonds is 1. The first-order valence-corrected chi connectivity index (χ1v) is 16.9. The van der Waals surface area contributed by atoms with Crippen molar-refractivity contribution in [3.63, 3.8) is 0 Å². The number of hydrogen-bond acceptors (Lipinski definition) is 5. The van der Waals surface area contributed by atoms with Crippen LogP contribution in [0.1, 0.15) is 0 Å². The van der Waals surface area contributed by atoms with Crippen LogP contribution in [0.15, 0.2) is 138 Å². The van der Waals surface area contributed by atoms with E-state index in [2.05, 4.69) is 131 Å². The van der Waals surface area contributed by atoms with E-state index < -0.39 is 0 Å². The smallest absolute Gasteiger partial charge is 0.235 e. The summed E-state index contributed by atoms with van der Waals surface area (Å²) in [7, 11) is 0. The van der Waals surface area contributed by atoms with Crippen LogP contribution in [0.3, 0.4) is 0 Å². The molecular formula is C42H22N4OS. The molecular weight excluding hydrogens is 609 g/mol. The zero-order chi connectivity index (χ0) is 31.1. The highest BCUT2D eigenvalue weighted by atomic mass is 32.1. The van der Waals surface area contributed by atoms with Crippen LogP contribution in [0.4, 0.5) is 17.3 Å². The number of furan rings is 1. The molecule has 0 spiro atoms. The summed E-state index contributed by atoms with van der Waals surface area (Å²) >= 11 is 1.74. The molecule has 5 heterocycles. The Balaban J connectivity index is 1.32. The Morgan fingerprint density at radius 3 is 2.12 bits per heavy atom. The number of hydrogen-bond donors (Lipinski definition) is 0. The third-order valence-corrected chi connectivity index (χ3v) is 11.2. The van der Waals surface area contributed by atoms with E-state index in [1.165, 1.54) is 37.0 Å². The van der Waals surface area contributed by atoms with Crippen molar-refractivity contribution in [1.82, 2.24) is 14.5 Å². The minimum atomic E-state index is 0.662. The van der Waals surface area contributed by atoms with Crippen LogP contribution in [0.2, 0.25) is 0 Å². The van der Waals surface area contributed by atoms with E-state index in [4.69, 9.17) is 14.4 Å². The standard InChI is InChI=1S/C42H22N4OS/c1-2-10-24-20-31-30(19-23(24)9-1)45-29-17-18-34-37(27-13-5-7-15-33(27)47-34)39(29)38-26-12-4-3-11-25(26)21-32(41(38)45)46(31)42-43-22-36-40(44-42)28-14-6-8-16-35(28)48-36/h1-22H. The minimum Gasteiger partial charge on any atom is -0.456 e. The van der Waals surface area contributed by atoms with Crippen LogP contribution in [0, 0.1) is 0 Å². The SMILES string of the molecule is c1ccc2cc3c(cc2c1)N(c1ncc2sc4ccccc4c2n1)c1cc2ccccc2c2c4c5c(ccc4n-3c12)oc1ccccc15. The van der Waals surface area contributed by atoms with Gasteiger partial charge in [-0.1, -0.05) is 84.9 Å². The molecule has 0 unspecified atom stereocenters. The summed E-state index contributed by atoms with van der Waals surface area (Å²) in [5.41, 5.74) is 8.27. The predicted molar refractivity (Wildman–Crippen MR) is 200 cm³/mol. The van der Waals surface area contributed by atoms with Gasteiger partial charge in [-0.3, -0.25) is 4.90 Å². The van der Waals surface area contributed by atoms with Crippen molar-refractivity contribution in [1.29, 1.82) is 0 Å². The van der Waals surface area contributed by atoms with Crippen molar-refractivity contribution < 1.29 is 4.42 Å². The molecule has 1 aliphatic rings. The molecule has 222 valence electrons. The van der Waals surface area contributed by atoms with Crippen LogP contribution in [-0.2, 0) is 0 Å². The van der Waals surface area contributed by atoms with Crippen LogP contribution in [0.5, 0.6) is 0 Å². The Kier molecular flexibility index (Phi) is 4.55. The van der Waals surface area contributed by atoms with Crippen molar-refractivity contribution in [2.24, 2.45) is 0 Å². The highest BCUT2D eigenvalue weighted by Crippen LogP contribution is 2.54. The number of thiophene rings is 1. The molecule has 0 amide bonds. The molecule has 0 radical (unpaired) electrons. The van der Waals surface area contributed by atoms with Gasteiger partial charge in [0.1, 0.15) is 11.2 Å². The molecule has 11 aromatic rings. The molecule has 0 saturated heterocycles. The second kappa shape index (κ2) is 8.76. The Bertz CT molecular complexity index is 3200. The Labute approximate surface area is 276 Å². The molecule has 48 heavy (non-hydrogen) atoms. The molecule has 0 saturated carbocycles. The lowest BCUT2D eigenvalue weighted by molar-refractivity contribution is 0.669. The molecule has 1 aliphatic heterocycles. The summed E-state index contributed by atoms with van der Waals surface area (Å²) in [5.74, 6) is 0.662. The Morgan fingerprint density at radius 1 is 0.542 bits per heavy atom. The van der Waals surface area contributed by atoms with Gasteiger partial charge in [0, 0.05) is 31.6 Å². The number of anilines is 3. The molecule has 4 aromatic heterocycles. The number of para-hydroxylation sites is 1. The van der Waals surface area contributed by atoms with Gasteiger partial charge in [0.05, 0.1) is 44.5 Å². The summed E-state index contributed by atoms with van der Waals surface area (Å²) < 4.78 is 11.2. The average molecular weight is 631 g/mol. The third kappa shape index (κ3) is 3.06. The van der Waals surface area contributed by atoms with Crippen molar-refractivity contribution in [3.05, 3.63) is 134 Å². The van der Waals surface area contributed by atoms with E-state index in [1.807, 2.05) is 12.3 Å². The fraction of sp³-hybridized carbons (Fsp3) is 0. The fourth-order valence-electron chi connectivity index (χ4n) is 8.11. The molecule has 0 bridgehead atoms. The van der Waals surface area contributed by atoms with Crippen molar-refractivity contribution in [2.45, 2.75) is 0 Å². The van der Waals surface area contributed by atoms with Crippen LogP contribution in [0.25, 0.3) is 91.3 Å². The first-order valence-electron chi connectivity index (χ1n) is 16.1. The molecule has 7 aromatic carbocycles. The van der Waals surface area contributed by atoms with E-state index >= 15 is 0 Å². The first kappa shape index (κ1) is 24.9. The summed E-state index contributed by atoms with van der Waals surface area (Å²) in [4.78, 5) is 12.7. The van der Waals surface area contributed by atoms with Gasteiger partial charge in [-0.25, -0.2) is 9.97 Å². The summed E-state index contributed by atoms with van der Waals surface area (Å²) in [5, 5.41) is 10.6. The zero-order valence-electron chi connectivity index (χ0n) is 25.3. The lowest BCUT2D eigenvalue weighted by atomic mass is 9.98. The van der Waals surface area contributed by atoms with Gasteiger partial charge in [0.2, 0.25) is 5.95 Å². The summed E-state index contributed by atoms with van der Waals surface area (Å²) in [6, 6.07) is 45.5. The molecule has 6 heteroatoms. The first-order chi connectivity index (χ1) is 23.8. The minimum absolute atomic E-state index is 0.662. The third-order valence-electron chi connectivity index (χ3n) is 10.1. The number of fused-ring (bicyclic) bond motifs is 15. The number of aromatic nitrogens is 3. The molecule has 0 N–H and O–H groups in total. The van der Waals surface area contributed by atoms with Crippen molar-refractivity contribution >= 4 is 114 Å². The van der Waals surface area contributed by atoms with E-state index in [9.17, 15) is 0 Å². The van der Waals surface area contributed by atoms with Gasteiger partial charge >= 0.3 is 0 Å². The fourth-order valence-corrected chi connectivity index (χ4v) is 9.13. The van der Waals surface area contributed by atoms with Crippen LogP contribution in [-0.4, -0.2) is 14.5 Å². The molecule has 0 aliphatic carbocycles. The number of nitrogens with zero attached hydrogens (tertiary/aromatic N) is 4. The zero-order valence-corrected chi connectivity index (χ0v) is 26.1. The van der Waals surface area contributed by atoms with Gasteiger partial charge in [-0.05, 0) is 64.0 Å². The van der Waals surface area contributed by atoms with Gasteiger partial charge in [-0.2, -0.15) is 0 Å². The van der Waals surface area contributed by atoms with Gasteiger partial charge in [-0.15, -0.1) is 11.3 Å². The van der Waals surface area contributed by atoms with E-state index in [0.717, 1.165) is 65.6 Å². The summed E-state index contributed by atoms with van der Waals surface area (Å²) in [6.07, 6.45) is 1.99. The topological polar surface area (TPSA) is 47.1 Å². The molecule has 0 fully saturated rings. The second-order valence-electron chi connectivity index (χ2n) is 12.6. The Hall–Kier alpha value is -6.24. The van der Waals surface area contributed by atoms with E-state index in [0.29, 0.717) is 5.95 Å². The molecule has 12 rings (SSSR count). The van der Waals surface area contributed by atoms with Gasteiger partial charge < -0.3 is 8.98 Å². The lowest BCUT2D eigenvalue weighted by Gasteiger charge is -2.32. The maximum absolute atomic E-state index is 6.46. The number of benzene rings is 7. The van der Waals surface area contributed by atoms with Gasteiger partial charge in [0.25, 0.3) is 0 Å². The van der Waals surface area contributed by atoms with Crippen molar-refractivity contribution in [2.75, 3.05) is 4.90 Å². The molecule has 5 nitrogen and oxygen atoms in total. The molecule has 0 atom stereocenters.